The summed E-state index contributed by atoms with van der Waals surface area (Å²) in [5.74, 6) is 1.29. The molecule has 1 amide bonds. The third kappa shape index (κ3) is 3.81. The lowest BCUT2D eigenvalue weighted by molar-refractivity contribution is -0.132. The van der Waals surface area contributed by atoms with Crippen LogP contribution in [0.5, 0.6) is 11.5 Å². The zero-order valence-corrected chi connectivity index (χ0v) is 16.1. The molecule has 3 heterocycles. The van der Waals surface area contributed by atoms with Gasteiger partial charge in [-0.3, -0.25) is 9.48 Å². The Hall–Kier alpha value is -3.03. The Balaban J connectivity index is 1.43. The molecule has 0 aliphatic carbocycles. The number of oxime groups is 1. The van der Waals surface area contributed by atoms with Gasteiger partial charge < -0.3 is 19.6 Å². The minimum absolute atomic E-state index is 0.126. The Kier molecular flexibility index (Phi) is 5.18. The van der Waals surface area contributed by atoms with Crippen molar-refractivity contribution in [3.8, 4) is 11.5 Å². The maximum Gasteiger partial charge on any atom is 0.264 e. The van der Waals surface area contributed by atoms with Gasteiger partial charge in [0.2, 0.25) is 6.10 Å². The molecular formula is C20H24N4O4. The molecule has 0 spiro atoms. The van der Waals surface area contributed by atoms with E-state index in [-0.39, 0.29) is 11.9 Å². The monoisotopic (exact) mass is 384 g/mol. The van der Waals surface area contributed by atoms with Gasteiger partial charge >= 0.3 is 0 Å². The predicted molar refractivity (Wildman–Crippen MR) is 102 cm³/mol. The summed E-state index contributed by atoms with van der Waals surface area (Å²) in [6, 6.07) is 5.69. The third-order valence-electron chi connectivity index (χ3n) is 4.86. The van der Waals surface area contributed by atoms with Gasteiger partial charge in [0, 0.05) is 25.2 Å². The number of carbonyl (C=O) groups excluding carboxylic acids is 1. The molecule has 1 aromatic carbocycles. The average Bonchev–Trinajstić information content (AvgIpc) is 3.36. The van der Waals surface area contributed by atoms with E-state index in [4.69, 9.17) is 14.3 Å². The Morgan fingerprint density at radius 1 is 1.32 bits per heavy atom. The minimum Gasteiger partial charge on any atom is -0.486 e. The van der Waals surface area contributed by atoms with Crippen molar-refractivity contribution in [2.45, 2.75) is 38.3 Å². The number of hydrogen-bond donors (Lipinski definition) is 1. The van der Waals surface area contributed by atoms with Crippen LogP contribution in [0.2, 0.25) is 0 Å². The number of carbonyl (C=O) groups is 1. The predicted octanol–water partition coefficient (Wildman–Crippen LogP) is 2.34. The molecule has 0 unspecified atom stereocenters. The molecule has 0 saturated carbocycles. The summed E-state index contributed by atoms with van der Waals surface area (Å²) in [7, 11) is 1.84. The van der Waals surface area contributed by atoms with Gasteiger partial charge in [0.25, 0.3) is 5.91 Å². The lowest BCUT2D eigenvalue weighted by Gasteiger charge is -2.23. The molecule has 0 radical (unpaired) electrons. The second-order valence-corrected chi connectivity index (χ2v) is 6.99. The average molecular weight is 384 g/mol. The van der Waals surface area contributed by atoms with E-state index in [2.05, 4.69) is 22.5 Å². The van der Waals surface area contributed by atoms with Crippen LogP contribution in [0.3, 0.4) is 0 Å². The normalized spacial score (nSPS) is 18.9. The number of fused-ring (bicyclic) bond motifs is 1. The number of hydrogen-bond acceptors (Lipinski definition) is 6. The standard InChI is InChI=1S/C20H24N4O4/c1-3-4-15(13-5-6-17-18(9-13)27-8-7-26-17)22-20(25)19-10-16(23-28-19)14-11-21-24(2)12-14/h5-6,9,11-12,15,19H,3-4,7-8,10H2,1-2H3,(H,22,25)/t15-,19-/m0/s1. The summed E-state index contributed by atoms with van der Waals surface area (Å²) < 4.78 is 13.0. The Morgan fingerprint density at radius 3 is 2.89 bits per heavy atom. The molecule has 8 heteroatoms. The van der Waals surface area contributed by atoms with Crippen molar-refractivity contribution in [2.75, 3.05) is 13.2 Å². The van der Waals surface area contributed by atoms with E-state index in [1.807, 2.05) is 31.4 Å². The van der Waals surface area contributed by atoms with Gasteiger partial charge in [-0.2, -0.15) is 5.10 Å². The van der Waals surface area contributed by atoms with Gasteiger partial charge in [0.1, 0.15) is 13.2 Å². The molecule has 2 aromatic rings. The van der Waals surface area contributed by atoms with E-state index in [0.29, 0.717) is 19.6 Å². The van der Waals surface area contributed by atoms with E-state index >= 15 is 0 Å². The van der Waals surface area contributed by atoms with Gasteiger partial charge in [0.15, 0.2) is 11.5 Å². The molecule has 0 fully saturated rings. The number of nitrogens with one attached hydrogen (secondary N) is 1. The molecule has 2 aliphatic heterocycles. The number of ether oxygens (including phenoxy) is 2. The SMILES string of the molecule is CCC[C@H](NC(=O)[C@@H]1CC(c2cnn(C)c2)=NO1)c1ccc2c(c1)OCCO2. The van der Waals surface area contributed by atoms with Crippen LogP contribution in [0.15, 0.2) is 35.7 Å². The maximum absolute atomic E-state index is 12.8. The molecule has 1 N–H and O–H groups in total. The number of nitrogens with zero attached hydrogens (tertiary/aromatic N) is 3. The Labute approximate surface area is 163 Å². The number of amides is 1. The topological polar surface area (TPSA) is 87.0 Å². The summed E-state index contributed by atoms with van der Waals surface area (Å²) in [6.07, 6.45) is 5.12. The van der Waals surface area contributed by atoms with Crippen molar-refractivity contribution in [1.29, 1.82) is 0 Å². The van der Waals surface area contributed by atoms with Gasteiger partial charge in [-0.1, -0.05) is 24.6 Å². The van der Waals surface area contributed by atoms with Crippen LogP contribution in [0.1, 0.15) is 43.4 Å². The number of aryl methyl sites for hydroxylation is 1. The molecule has 1 aromatic heterocycles. The molecule has 4 rings (SSSR count). The first-order valence-corrected chi connectivity index (χ1v) is 9.55. The maximum atomic E-state index is 12.8. The Bertz CT molecular complexity index is 892. The van der Waals surface area contributed by atoms with Crippen LogP contribution >= 0.6 is 0 Å². The first-order valence-electron chi connectivity index (χ1n) is 9.55. The zero-order chi connectivity index (χ0) is 19.5. The summed E-state index contributed by atoms with van der Waals surface area (Å²) >= 11 is 0. The highest BCUT2D eigenvalue weighted by Crippen LogP contribution is 2.33. The zero-order valence-electron chi connectivity index (χ0n) is 16.1. The summed E-state index contributed by atoms with van der Waals surface area (Å²) in [5.41, 5.74) is 2.60. The van der Waals surface area contributed by atoms with E-state index < -0.39 is 6.10 Å². The first kappa shape index (κ1) is 18.3. The Morgan fingerprint density at radius 2 is 2.14 bits per heavy atom. The molecule has 28 heavy (non-hydrogen) atoms. The summed E-state index contributed by atoms with van der Waals surface area (Å²) in [4.78, 5) is 18.2. The summed E-state index contributed by atoms with van der Waals surface area (Å²) in [6.45, 7) is 3.18. The van der Waals surface area contributed by atoms with Gasteiger partial charge in [-0.25, -0.2) is 0 Å². The first-order chi connectivity index (χ1) is 13.6. The molecule has 2 atom stereocenters. The minimum atomic E-state index is -0.633. The molecule has 148 valence electrons. The lowest BCUT2D eigenvalue weighted by Crippen LogP contribution is -2.37. The van der Waals surface area contributed by atoms with Gasteiger partial charge in [-0.05, 0) is 24.1 Å². The van der Waals surface area contributed by atoms with Gasteiger partial charge in [-0.15, -0.1) is 0 Å². The van der Waals surface area contributed by atoms with Crippen molar-refractivity contribution in [1.82, 2.24) is 15.1 Å². The fourth-order valence-electron chi connectivity index (χ4n) is 3.41. The second kappa shape index (κ2) is 7.92. The molecule has 2 aliphatic rings. The van der Waals surface area contributed by atoms with Gasteiger partial charge in [0.05, 0.1) is 18.0 Å². The van der Waals surface area contributed by atoms with Crippen LogP contribution in [-0.4, -0.2) is 40.7 Å². The highest BCUT2D eigenvalue weighted by Gasteiger charge is 2.31. The van der Waals surface area contributed by atoms with Crippen LogP contribution in [0.25, 0.3) is 0 Å². The van der Waals surface area contributed by atoms with Crippen LogP contribution in [0.4, 0.5) is 0 Å². The van der Waals surface area contributed by atoms with Crippen LogP contribution in [0, 0.1) is 0 Å². The fraction of sp³-hybridized carbons (Fsp3) is 0.450. The van der Waals surface area contributed by atoms with Crippen molar-refractivity contribution in [2.24, 2.45) is 12.2 Å². The largest absolute Gasteiger partial charge is 0.486 e. The molecule has 0 bridgehead atoms. The van der Waals surface area contributed by atoms with E-state index in [1.165, 1.54) is 0 Å². The third-order valence-corrected chi connectivity index (χ3v) is 4.86. The van der Waals surface area contributed by atoms with Crippen molar-refractivity contribution in [3.63, 3.8) is 0 Å². The second-order valence-electron chi connectivity index (χ2n) is 6.99. The van der Waals surface area contributed by atoms with Crippen molar-refractivity contribution < 1.29 is 19.1 Å². The van der Waals surface area contributed by atoms with E-state index in [1.54, 1.807) is 10.9 Å². The van der Waals surface area contributed by atoms with Crippen LogP contribution in [-0.2, 0) is 16.7 Å². The summed E-state index contributed by atoms with van der Waals surface area (Å²) in [5, 5.41) is 11.3. The quantitative estimate of drug-likeness (QED) is 0.826. The number of benzene rings is 1. The van der Waals surface area contributed by atoms with Crippen molar-refractivity contribution in [3.05, 3.63) is 41.7 Å². The smallest absolute Gasteiger partial charge is 0.264 e. The molecule has 8 nitrogen and oxygen atoms in total. The number of aromatic nitrogens is 2. The molecule has 0 saturated heterocycles. The molecular weight excluding hydrogens is 360 g/mol. The van der Waals surface area contributed by atoms with E-state index in [9.17, 15) is 4.79 Å². The van der Waals surface area contributed by atoms with E-state index in [0.717, 1.165) is 41.2 Å². The van der Waals surface area contributed by atoms with Crippen LogP contribution < -0.4 is 14.8 Å². The number of rotatable bonds is 6. The fourth-order valence-corrected chi connectivity index (χ4v) is 3.41. The lowest BCUT2D eigenvalue weighted by atomic mass is 10.0. The highest BCUT2D eigenvalue weighted by molar-refractivity contribution is 6.03. The van der Waals surface area contributed by atoms with Crippen molar-refractivity contribution >= 4 is 11.6 Å². The highest BCUT2D eigenvalue weighted by atomic mass is 16.6.